The zero-order valence-electron chi connectivity index (χ0n) is 7.61. The van der Waals surface area contributed by atoms with E-state index < -0.39 is 21.9 Å². The van der Waals surface area contributed by atoms with Crippen molar-refractivity contribution in [3.05, 3.63) is 12.3 Å². The fourth-order valence-corrected chi connectivity index (χ4v) is 0.912. The van der Waals surface area contributed by atoms with Crippen LogP contribution in [0.2, 0.25) is 0 Å². The van der Waals surface area contributed by atoms with Crippen molar-refractivity contribution in [1.82, 2.24) is 4.72 Å². The van der Waals surface area contributed by atoms with Crippen LogP contribution in [0.5, 0.6) is 0 Å². The van der Waals surface area contributed by atoms with Crippen LogP contribution in [0.25, 0.3) is 0 Å². The second-order valence-corrected chi connectivity index (χ2v) is 5.37. The molecule has 0 bridgehead atoms. The van der Waals surface area contributed by atoms with Gasteiger partial charge in [0.15, 0.2) is 0 Å². The first-order chi connectivity index (χ1) is 5.63. The van der Waals surface area contributed by atoms with Crippen molar-refractivity contribution < 1.29 is 17.4 Å². The van der Waals surface area contributed by atoms with Crippen molar-refractivity contribution in [3.63, 3.8) is 0 Å². The van der Waals surface area contributed by atoms with Crippen LogP contribution in [0, 0.1) is 0 Å². The first-order valence-corrected chi connectivity index (χ1v) is 4.70. The van der Waals surface area contributed by atoms with Gasteiger partial charge < -0.3 is 4.72 Å². The van der Waals surface area contributed by atoms with Crippen LogP contribution in [0.4, 0.5) is 13.2 Å². The Balaban J connectivity index is 4.06. The summed E-state index contributed by atoms with van der Waals surface area (Å²) in [4.78, 5) is 0. The third-order valence-electron chi connectivity index (χ3n) is 1.00. The SMILES string of the molecule is CC(C)(C)[S@@](=O)NC=CC(F)(F)F. The molecule has 13 heavy (non-hydrogen) atoms. The van der Waals surface area contributed by atoms with E-state index in [1.807, 2.05) is 0 Å². The quantitative estimate of drug-likeness (QED) is 0.751. The number of hydrogen-bond donors (Lipinski definition) is 1. The molecule has 0 aromatic carbocycles. The van der Waals surface area contributed by atoms with Crippen molar-refractivity contribution in [2.75, 3.05) is 0 Å². The number of nitrogens with one attached hydrogen (secondary N) is 1. The molecule has 0 saturated heterocycles. The van der Waals surface area contributed by atoms with Crippen LogP contribution >= 0.6 is 0 Å². The molecule has 0 saturated carbocycles. The van der Waals surface area contributed by atoms with Crippen molar-refractivity contribution in [1.29, 1.82) is 0 Å². The lowest BCUT2D eigenvalue weighted by Crippen LogP contribution is -2.30. The Kier molecular flexibility index (Phi) is 3.96. The smallest absolute Gasteiger partial charge is 0.312 e. The molecule has 0 aromatic rings. The van der Waals surface area contributed by atoms with Gasteiger partial charge in [-0.3, -0.25) is 0 Å². The molecule has 0 aliphatic heterocycles. The summed E-state index contributed by atoms with van der Waals surface area (Å²) in [6, 6.07) is 0. The van der Waals surface area contributed by atoms with E-state index in [1.54, 1.807) is 20.8 Å². The van der Waals surface area contributed by atoms with Gasteiger partial charge in [-0.25, -0.2) is 4.21 Å². The predicted molar refractivity (Wildman–Crippen MR) is 46.2 cm³/mol. The molecule has 1 atom stereocenters. The summed E-state index contributed by atoms with van der Waals surface area (Å²) in [6.45, 7) is 4.99. The fraction of sp³-hybridized carbons (Fsp3) is 0.714. The second-order valence-electron chi connectivity index (χ2n) is 3.37. The number of rotatable bonds is 2. The minimum atomic E-state index is -4.37. The lowest BCUT2D eigenvalue weighted by Gasteiger charge is -2.16. The summed E-state index contributed by atoms with van der Waals surface area (Å²) >= 11 is 0. The van der Waals surface area contributed by atoms with E-state index in [9.17, 15) is 17.4 Å². The molecule has 78 valence electrons. The van der Waals surface area contributed by atoms with Gasteiger partial charge in [-0.05, 0) is 20.8 Å². The minimum Gasteiger partial charge on any atom is -0.312 e. The van der Waals surface area contributed by atoms with Gasteiger partial charge in [-0.15, -0.1) is 0 Å². The standard InChI is InChI=1S/C7H12F3NOS/c1-6(2,3)13(12)11-5-4-7(8,9)10/h4-5,11H,1-3H3/t13-/m1/s1. The van der Waals surface area contributed by atoms with Gasteiger partial charge in [0.2, 0.25) is 0 Å². The van der Waals surface area contributed by atoms with E-state index in [0.717, 1.165) is 0 Å². The number of hydrogen-bond acceptors (Lipinski definition) is 1. The van der Waals surface area contributed by atoms with Crippen molar-refractivity contribution in [2.24, 2.45) is 0 Å². The van der Waals surface area contributed by atoms with E-state index in [0.29, 0.717) is 6.20 Å². The molecule has 0 heterocycles. The largest absolute Gasteiger partial charge is 0.411 e. The summed E-state index contributed by atoms with van der Waals surface area (Å²) in [5.74, 6) is 0. The zero-order chi connectivity index (χ0) is 10.7. The highest BCUT2D eigenvalue weighted by atomic mass is 32.2. The van der Waals surface area contributed by atoms with Gasteiger partial charge in [-0.1, -0.05) is 0 Å². The van der Waals surface area contributed by atoms with E-state index >= 15 is 0 Å². The van der Waals surface area contributed by atoms with E-state index in [1.165, 1.54) is 0 Å². The Hall–Kier alpha value is -0.520. The Labute approximate surface area is 77.8 Å². The van der Waals surface area contributed by atoms with Crippen LogP contribution in [0.3, 0.4) is 0 Å². The van der Waals surface area contributed by atoms with Gasteiger partial charge in [0.1, 0.15) is 11.0 Å². The number of allylic oxidation sites excluding steroid dienone is 1. The molecular formula is C7H12F3NOS. The van der Waals surface area contributed by atoms with Crippen LogP contribution in [0.1, 0.15) is 20.8 Å². The molecule has 0 unspecified atom stereocenters. The van der Waals surface area contributed by atoms with Crippen molar-refractivity contribution in [3.8, 4) is 0 Å². The van der Waals surface area contributed by atoms with Gasteiger partial charge in [0.25, 0.3) is 0 Å². The van der Waals surface area contributed by atoms with Gasteiger partial charge in [0.05, 0.1) is 4.75 Å². The molecule has 2 nitrogen and oxygen atoms in total. The maximum absolute atomic E-state index is 11.6. The van der Waals surface area contributed by atoms with E-state index in [2.05, 4.69) is 4.72 Å². The maximum Gasteiger partial charge on any atom is 0.411 e. The Morgan fingerprint density at radius 1 is 1.23 bits per heavy atom. The summed E-state index contributed by atoms with van der Waals surface area (Å²) in [5.41, 5.74) is 0. The summed E-state index contributed by atoms with van der Waals surface area (Å²) < 4.78 is 47.4. The van der Waals surface area contributed by atoms with Crippen LogP contribution in [-0.4, -0.2) is 15.1 Å². The molecule has 1 N–H and O–H groups in total. The van der Waals surface area contributed by atoms with Crippen LogP contribution in [-0.2, 0) is 11.0 Å². The molecule has 0 fully saturated rings. The van der Waals surface area contributed by atoms with Crippen LogP contribution < -0.4 is 4.72 Å². The van der Waals surface area contributed by atoms with Crippen LogP contribution in [0.15, 0.2) is 12.3 Å². The van der Waals surface area contributed by atoms with Crippen molar-refractivity contribution >= 4 is 11.0 Å². The highest BCUT2D eigenvalue weighted by molar-refractivity contribution is 7.84. The highest BCUT2D eigenvalue weighted by Gasteiger charge is 2.23. The molecule has 0 spiro atoms. The summed E-state index contributed by atoms with van der Waals surface area (Å²) in [6.07, 6.45) is -3.70. The highest BCUT2D eigenvalue weighted by Crippen LogP contribution is 2.15. The topological polar surface area (TPSA) is 29.1 Å². The molecule has 0 aliphatic rings. The average molecular weight is 215 g/mol. The Morgan fingerprint density at radius 3 is 2.00 bits per heavy atom. The molecule has 0 rings (SSSR count). The third-order valence-corrected chi connectivity index (χ3v) is 2.47. The molecule has 0 aliphatic carbocycles. The molecular weight excluding hydrogens is 203 g/mol. The average Bonchev–Trinajstić information content (AvgIpc) is 1.82. The van der Waals surface area contributed by atoms with Gasteiger partial charge in [0, 0.05) is 12.3 Å². The van der Waals surface area contributed by atoms with Gasteiger partial charge in [-0.2, -0.15) is 13.2 Å². The lowest BCUT2D eigenvalue weighted by atomic mass is 10.3. The Morgan fingerprint density at radius 2 is 1.69 bits per heavy atom. The fourth-order valence-electron chi connectivity index (χ4n) is 0.367. The number of halogens is 3. The summed E-state index contributed by atoms with van der Waals surface area (Å²) in [7, 11) is -1.51. The van der Waals surface area contributed by atoms with Gasteiger partial charge >= 0.3 is 6.18 Å². The molecule has 0 radical (unpaired) electrons. The molecule has 0 amide bonds. The summed E-state index contributed by atoms with van der Waals surface area (Å²) in [5, 5.41) is 0. The first-order valence-electron chi connectivity index (χ1n) is 3.55. The van der Waals surface area contributed by atoms with Crippen molar-refractivity contribution in [2.45, 2.75) is 31.7 Å². The molecule has 6 heteroatoms. The minimum absolute atomic E-state index is 0.0106. The predicted octanol–water partition coefficient (Wildman–Crippen LogP) is 2.11. The normalized spacial score (nSPS) is 16.2. The molecule has 0 aromatic heterocycles. The Bertz CT molecular complexity index is 217. The monoisotopic (exact) mass is 215 g/mol. The van der Waals surface area contributed by atoms with E-state index in [-0.39, 0.29) is 6.08 Å². The second kappa shape index (κ2) is 4.13. The lowest BCUT2D eigenvalue weighted by molar-refractivity contribution is -0.0800. The first kappa shape index (κ1) is 12.5. The van der Waals surface area contributed by atoms with E-state index in [4.69, 9.17) is 0 Å². The maximum atomic E-state index is 11.6. The zero-order valence-corrected chi connectivity index (χ0v) is 8.42. The number of alkyl halides is 3. The third kappa shape index (κ3) is 6.62.